The van der Waals surface area contributed by atoms with E-state index in [-0.39, 0.29) is 6.29 Å². The normalized spacial score (nSPS) is 21.7. The molecular formula is C10H15BN2O2. The predicted octanol–water partition coefficient (Wildman–Crippen LogP) is 0.220. The Kier molecular flexibility index (Phi) is 3.80. The van der Waals surface area contributed by atoms with Gasteiger partial charge in [-0.15, -0.1) is 0 Å². The van der Waals surface area contributed by atoms with Gasteiger partial charge in [-0.1, -0.05) is 5.46 Å². The number of ether oxygens (including phenoxy) is 2. The van der Waals surface area contributed by atoms with Crippen LogP contribution in [0.2, 0.25) is 0 Å². The van der Waals surface area contributed by atoms with Gasteiger partial charge in [-0.3, -0.25) is 4.68 Å². The van der Waals surface area contributed by atoms with Gasteiger partial charge in [-0.25, -0.2) is 0 Å². The second-order valence-electron chi connectivity index (χ2n) is 3.70. The fourth-order valence-corrected chi connectivity index (χ4v) is 1.62. The molecule has 0 N–H and O–H groups in total. The third-order valence-corrected chi connectivity index (χ3v) is 2.42. The first-order valence-electron chi connectivity index (χ1n) is 5.36. The number of aromatic nitrogens is 2. The zero-order valence-corrected chi connectivity index (χ0v) is 8.76. The SMILES string of the molecule is [B]c1cnn(CCOC2CCCCO2)c1. The zero-order chi connectivity index (χ0) is 10.5. The monoisotopic (exact) mass is 206 g/mol. The molecule has 0 bridgehead atoms. The van der Waals surface area contributed by atoms with E-state index in [0.29, 0.717) is 12.1 Å². The molecule has 1 unspecified atom stereocenters. The van der Waals surface area contributed by atoms with Crippen molar-refractivity contribution in [1.82, 2.24) is 9.78 Å². The van der Waals surface area contributed by atoms with Crippen molar-refractivity contribution >= 4 is 13.3 Å². The summed E-state index contributed by atoms with van der Waals surface area (Å²) >= 11 is 0. The molecule has 1 aromatic rings. The largest absolute Gasteiger partial charge is 0.353 e. The third kappa shape index (κ3) is 3.36. The molecule has 0 amide bonds. The molecule has 0 saturated carbocycles. The minimum atomic E-state index is -0.0216. The van der Waals surface area contributed by atoms with Crippen LogP contribution < -0.4 is 5.46 Å². The molecule has 1 aromatic heterocycles. The van der Waals surface area contributed by atoms with Crippen LogP contribution in [0.5, 0.6) is 0 Å². The summed E-state index contributed by atoms with van der Waals surface area (Å²) in [6.07, 6.45) is 6.75. The summed E-state index contributed by atoms with van der Waals surface area (Å²) < 4.78 is 12.8. The van der Waals surface area contributed by atoms with E-state index in [4.69, 9.17) is 17.3 Å². The Morgan fingerprint density at radius 1 is 1.60 bits per heavy atom. The summed E-state index contributed by atoms with van der Waals surface area (Å²) in [5.41, 5.74) is 0.684. The van der Waals surface area contributed by atoms with E-state index in [9.17, 15) is 0 Å². The highest BCUT2D eigenvalue weighted by Crippen LogP contribution is 2.13. The fourth-order valence-electron chi connectivity index (χ4n) is 1.62. The molecule has 1 saturated heterocycles. The molecule has 0 spiro atoms. The fraction of sp³-hybridized carbons (Fsp3) is 0.700. The molecule has 0 aliphatic carbocycles. The lowest BCUT2D eigenvalue weighted by atomic mass is 10.0. The van der Waals surface area contributed by atoms with Crippen LogP contribution in [0, 0.1) is 0 Å². The Bertz CT molecular complexity index is 297. The highest BCUT2D eigenvalue weighted by atomic mass is 16.7. The highest BCUT2D eigenvalue weighted by molar-refractivity contribution is 6.31. The average Bonchev–Trinajstić information content (AvgIpc) is 2.66. The smallest absolute Gasteiger partial charge is 0.157 e. The number of nitrogens with zero attached hydrogens (tertiary/aromatic N) is 2. The van der Waals surface area contributed by atoms with Crippen molar-refractivity contribution in [2.45, 2.75) is 32.1 Å². The second kappa shape index (κ2) is 5.33. The highest BCUT2D eigenvalue weighted by Gasteiger charge is 2.13. The van der Waals surface area contributed by atoms with Crippen LogP contribution in [-0.4, -0.2) is 37.1 Å². The van der Waals surface area contributed by atoms with E-state index < -0.39 is 0 Å². The molecule has 15 heavy (non-hydrogen) atoms. The average molecular weight is 206 g/mol. The Morgan fingerprint density at radius 3 is 3.20 bits per heavy atom. The van der Waals surface area contributed by atoms with Gasteiger partial charge in [0.1, 0.15) is 7.85 Å². The van der Waals surface area contributed by atoms with Crippen LogP contribution in [0.3, 0.4) is 0 Å². The topological polar surface area (TPSA) is 36.3 Å². The van der Waals surface area contributed by atoms with Crippen molar-refractivity contribution in [2.24, 2.45) is 0 Å². The van der Waals surface area contributed by atoms with Gasteiger partial charge in [0.25, 0.3) is 0 Å². The summed E-state index contributed by atoms with van der Waals surface area (Å²) in [6, 6.07) is 0. The molecule has 1 atom stereocenters. The van der Waals surface area contributed by atoms with Crippen LogP contribution in [0.4, 0.5) is 0 Å². The summed E-state index contributed by atoms with van der Waals surface area (Å²) in [4.78, 5) is 0. The van der Waals surface area contributed by atoms with Crippen LogP contribution in [0.15, 0.2) is 12.4 Å². The van der Waals surface area contributed by atoms with Crippen molar-refractivity contribution in [1.29, 1.82) is 0 Å². The van der Waals surface area contributed by atoms with Crippen molar-refractivity contribution in [3.8, 4) is 0 Å². The van der Waals surface area contributed by atoms with Crippen LogP contribution in [0.25, 0.3) is 0 Å². The Balaban J connectivity index is 1.65. The van der Waals surface area contributed by atoms with E-state index >= 15 is 0 Å². The number of hydrogen-bond acceptors (Lipinski definition) is 3. The standard InChI is InChI=1S/C10H15BN2O2/c11-9-7-12-13(8-9)4-6-15-10-3-1-2-5-14-10/h7-8,10H,1-6H2. The van der Waals surface area contributed by atoms with E-state index in [1.54, 1.807) is 17.1 Å². The van der Waals surface area contributed by atoms with Crippen LogP contribution >= 0.6 is 0 Å². The van der Waals surface area contributed by atoms with Gasteiger partial charge in [-0.05, 0) is 19.3 Å². The Hall–Kier alpha value is -0.805. The first-order valence-corrected chi connectivity index (χ1v) is 5.36. The van der Waals surface area contributed by atoms with Gasteiger partial charge in [0.2, 0.25) is 0 Å². The molecule has 1 aliphatic heterocycles. The molecule has 4 nitrogen and oxygen atoms in total. The lowest BCUT2D eigenvalue weighted by Gasteiger charge is -2.22. The van der Waals surface area contributed by atoms with Gasteiger partial charge < -0.3 is 9.47 Å². The van der Waals surface area contributed by atoms with Crippen LogP contribution in [-0.2, 0) is 16.0 Å². The van der Waals surface area contributed by atoms with Crippen molar-refractivity contribution in [3.63, 3.8) is 0 Å². The molecule has 2 rings (SSSR count). The summed E-state index contributed by atoms with van der Waals surface area (Å²) in [5.74, 6) is 0. The second-order valence-corrected chi connectivity index (χ2v) is 3.70. The minimum absolute atomic E-state index is 0.0216. The molecular weight excluding hydrogens is 191 g/mol. The molecule has 80 valence electrons. The Morgan fingerprint density at radius 2 is 2.53 bits per heavy atom. The zero-order valence-electron chi connectivity index (χ0n) is 8.76. The molecule has 2 radical (unpaired) electrons. The van der Waals surface area contributed by atoms with Gasteiger partial charge in [-0.2, -0.15) is 5.10 Å². The van der Waals surface area contributed by atoms with E-state index in [1.165, 1.54) is 6.42 Å². The van der Waals surface area contributed by atoms with Gasteiger partial charge in [0.05, 0.1) is 13.2 Å². The number of rotatable bonds is 4. The van der Waals surface area contributed by atoms with Crippen LogP contribution in [0.1, 0.15) is 19.3 Å². The van der Waals surface area contributed by atoms with E-state index in [2.05, 4.69) is 5.10 Å². The van der Waals surface area contributed by atoms with Gasteiger partial charge >= 0.3 is 0 Å². The third-order valence-electron chi connectivity index (χ3n) is 2.42. The van der Waals surface area contributed by atoms with Crippen molar-refractivity contribution in [3.05, 3.63) is 12.4 Å². The minimum Gasteiger partial charge on any atom is -0.353 e. The summed E-state index contributed by atoms with van der Waals surface area (Å²) in [7, 11) is 5.54. The molecule has 2 heterocycles. The maximum Gasteiger partial charge on any atom is 0.157 e. The predicted molar refractivity (Wildman–Crippen MR) is 57.2 cm³/mol. The molecule has 5 heteroatoms. The maximum atomic E-state index is 5.57. The lowest BCUT2D eigenvalue weighted by Crippen LogP contribution is -2.24. The van der Waals surface area contributed by atoms with E-state index in [0.717, 1.165) is 26.0 Å². The Labute approximate surface area is 91.0 Å². The first kappa shape index (κ1) is 10.7. The van der Waals surface area contributed by atoms with E-state index in [1.807, 2.05) is 0 Å². The molecule has 1 aliphatic rings. The first-order chi connectivity index (χ1) is 7.34. The van der Waals surface area contributed by atoms with Gasteiger partial charge in [0, 0.05) is 19.0 Å². The quantitative estimate of drug-likeness (QED) is 0.661. The summed E-state index contributed by atoms with van der Waals surface area (Å²) in [5, 5.41) is 4.07. The van der Waals surface area contributed by atoms with Gasteiger partial charge in [0.15, 0.2) is 6.29 Å². The maximum absolute atomic E-state index is 5.57. The molecule has 0 aromatic carbocycles. The molecule has 1 fully saturated rings. The summed E-state index contributed by atoms with van der Waals surface area (Å²) in [6.45, 7) is 2.15. The number of hydrogen-bond donors (Lipinski definition) is 0. The lowest BCUT2D eigenvalue weighted by molar-refractivity contribution is -0.163. The van der Waals surface area contributed by atoms with Crippen molar-refractivity contribution < 1.29 is 9.47 Å². The van der Waals surface area contributed by atoms with Crippen molar-refractivity contribution in [2.75, 3.05) is 13.2 Å².